The van der Waals surface area contributed by atoms with Gasteiger partial charge in [-0.2, -0.15) is 0 Å². The first-order valence-electron chi connectivity index (χ1n) is 20.4. The van der Waals surface area contributed by atoms with Gasteiger partial charge in [0.25, 0.3) is 0 Å². The summed E-state index contributed by atoms with van der Waals surface area (Å²) in [6.07, 6.45) is 4.20. The molecule has 4 saturated heterocycles. The second kappa shape index (κ2) is 15.9. The summed E-state index contributed by atoms with van der Waals surface area (Å²) in [5, 5.41) is 10.7. The van der Waals surface area contributed by atoms with E-state index in [1.165, 1.54) is 7.11 Å². The van der Waals surface area contributed by atoms with Crippen molar-refractivity contribution in [3.63, 3.8) is 0 Å². The number of fused-ring (bicyclic) bond motifs is 4. The molecule has 8 rings (SSSR count). The molecule has 1 spiro atoms. The molecule has 0 saturated carbocycles. The zero-order chi connectivity index (χ0) is 40.0. The molecule has 12 heteroatoms. The molecule has 2 aromatic rings. The number of quaternary nitrogens is 2. The van der Waals surface area contributed by atoms with E-state index in [9.17, 15) is 19.5 Å². The highest BCUT2D eigenvalue weighted by Crippen LogP contribution is 2.53. The van der Waals surface area contributed by atoms with Crippen molar-refractivity contribution in [2.75, 3.05) is 53.4 Å². The van der Waals surface area contributed by atoms with Crippen LogP contribution in [0.4, 0.5) is 0 Å². The molecule has 1 aliphatic carbocycles. The average Bonchev–Trinajstić information content (AvgIpc) is 3.83. The van der Waals surface area contributed by atoms with Crippen LogP contribution in [0.1, 0.15) is 73.9 Å². The molecule has 2 N–H and O–H groups in total. The number of methoxy groups -OCH3 is 1. The third kappa shape index (κ3) is 7.75. The van der Waals surface area contributed by atoms with E-state index in [0.29, 0.717) is 17.7 Å². The van der Waals surface area contributed by atoms with E-state index in [0.717, 1.165) is 65.9 Å². The van der Waals surface area contributed by atoms with Gasteiger partial charge >= 0.3 is 17.9 Å². The van der Waals surface area contributed by atoms with Crippen molar-refractivity contribution < 1.29 is 52.1 Å². The van der Waals surface area contributed by atoms with Gasteiger partial charge in [0.1, 0.15) is 75.9 Å². The summed E-state index contributed by atoms with van der Waals surface area (Å²) in [6, 6.07) is 11.1. The SMILES string of the molecule is CO[C@H]1CC2C=C[C@@H]3C[C@]2(O[C@H]3[C@H](OC(=O)c2ccc[nH]2)[C@H](C)[C@H](C)O)/C(C)=C/[C@@H](C)[C@@H]([C@@H](C)OC(=O)c2ccccc2C[N+]23CC[N+](C)(CC2)CC3)OC1=O. The van der Waals surface area contributed by atoms with Gasteiger partial charge in [-0.25, -0.2) is 14.4 Å². The van der Waals surface area contributed by atoms with Gasteiger partial charge in [0.2, 0.25) is 0 Å². The number of nitrogens with one attached hydrogen (secondary N) is 1. The van der Waals surface area contributed by atoms with Gasteiger partial charge in [0.05, 0.1) is 24.3 Å². The summed E-state index contributed by atoms with van der Waals surface area (Å²) in [5.41, 5.74) is 1.94. The van der Waals surface area contributed by atoms with E-state index >= 15 is 0 Å². The standard InChI is InChI=1S/C44H60N3O9/c1-27-23-28(2)44-25-32(40(56-44)39(29(3)30(4)48)55-42(50)36-13-10-16-45-36)14-15-34(44)24-37(52-7)43(51)54-38(27)31(5)53-41(49)35-12-9-8-11-33(35)26-47-20-17-46(6,18-21-47)19-22-47/h8-16,23,27,29-32,34,37-40,48H,17-22,24-26H2,1-7H3/q+1/p+1/b28-23+/t27-,29-,30+,31-,32-,34?,37+,38+,39-,40-,44+,46?,47?/m1/s1. The third-order valence-corrected chi connectivity index (χ3v) is 14.0. The highest BCUT2D eigenvalue weighted by atomic mass is 16.6. The zero-order valence-corrected chi connectivity index (χ0v) is 34.0. The van der Waals surface area contributed by atoms with E-state index in [2.05, 4.69) is 30.3 Å². The van der Waals surface area contributed by atoms with Crippen LogP contribution in [0.25, 0.3) is 0 Å². The maximum absolute atomic E-state index is 14.0. The topological polar surface area (TPSA) is 133 Å². The number of aromatic nitrogens is 1. The summed E-state index contributed by atoms with van der Waals surface area (Å²) in [7, 11) is 3.84. The van der Waals surface area contributed by atoms with Crippen molar-refractivity contribution in [1.29, 1.82) is 0 Å². The molecule has 0 radical (unpaired) electrons. The van der Waals surface area contributed by atoms with Crippen LogP contribution in [0.15, 0.2) is 66.4 Å². The minimum atomic E-state index is -0.911. The van der Waals surface area contributed by atoms with Gasteiger partial charge < -0.3 is 42.7 Å². The number of carbonyl (C=O) groups is 3. The summed E-state index contributed by atoms with van der Waals surface area (Å²) in [5.74, 6) is -2.67. The first-order valence-corrected chi connectivity index (χ1v) is 20.4. The lowest BCUT2D eigenvalue weighted by molar-refractivity contribution is -1.08. The van der Waals surface area contributed by atoms with Crippen molar-refractivity contribution in [3.8, 4) is 0 Å². The average molecular weight is 776 g/mol. The van der Waals surface area contributed by atoms with Crippen LogP contribution in [0.3, 0.4) is 0 Å². The van der Waals surface area contributed by atoms with Crippen molar-refractivity contribution in [3.05, 3.63) is 83.2 Å². The Bertz CT molecular complexity index is 1800. The number of cyclic esters (lactones) is 1. The third-order valence-electron chi connectivity index (χ3n) is 14.0. The summed E-state index contributed by atoms with van der Waals surface area (Å²) < 4.78 is 33.6. The fourth-order valence-electron chi connectivity index (χ4n) is 9.99. The predicted molar refractivity (Wildman–Crippen MR) is 208 cm³/mol. The normalized spacial score (nSPS) is 36.9. The molecular formula is C44H61N3O9+2. The van der Waals surface area contributed by atoms with Crippen LogP contribution < -0.4 is 0 Å². The number of aromatic amines is 1. The Balaban J connectivity index is 1.14. The molecule has 4 fully saturated rings. The van der Waals surface area contributed by atoms with Crippen LogP contribution in [-0.2, 0) is 35.0 Å². The zero-order valence-electron chi connectivity index (χ0n) is 34.0. The Morgan fingerprint density at radius 3 is 2.36 bits per heavy atom. The smallest absolute Gasteiger partial charge is 0.355 e. The molecule has 12 nitrogen and oxygen atoms in total. The van der Waals surface area contributed by atoms with Crippen LogP contribution in [-0.4, -0.2) is 133 Å². The minimum Gasteiger partial charge on any atom is -0.456 e. The molecular weight excluding hydrogens is 714 g/mol. The Kier molecular flexibility index (Phi) is 11.4. The quantitative estimate of drug-likeness (QED) is 0.143. The summed E-state index contributed by atoms with van der Waals surface area (Å²) in [6.45, 7) is 16.9. The largest absolute Gasteiger partial charge is 0.456 e. The van der Waals surface area contributed by atoms with Gasteiger partial charge in [0.15, 0.2) is 6.10 Å². The molecule has 1 aromatic carbocycles. The van der Waals surface area contributed by atoms with E-state index in [1.54, 1.807) is 32.2 Å². The molecule has 1 aromatic heterocycles. The van der Waals surface area contributed by atoms with Crippen molar-refractivity contribution in [2.45, 2.75) is 96.2 Å². The van der Waals surface area contributed by atoms with Gasteiger partial charge in [-0.3, -0.25) is 0 Å². The van der Waals surface area contributed by atoms with Crippen LogP contribution >= 0.6 is 0 Å². The minimum absolute atomic E-state index is 0.122. The van der Waals surface area contributed by atoms with Gasteiger partial charge in [-0.15, -0.1) is 0 Å². The van der Waals surface area contributed by atoms with Crippen molar-refractivity contribution in [2.24, 2.45) is 23.7 Å². The Morgan fingerprint density at radius 1 is 0.982 bits per heavy atom. The van der Waals surface area contributed by atoms with Crippen LogP contribution in [0, 0.1) is 23.7 Å². The number of rotatable bonds is 11. The van der Waals surface area contributed by atoms with Gasteiger partial charge in [0, 0.05) is 42.5 Å². The molecule has 4 bridgehead atoms. The molecule has 6 aliphatic rings. The number of benzene rings is 1. The lowest BCUT2D eigenvalue weighted by Gasteiger charge is -2.54. The fraction of sp³-hybridized carbons (Fsp3) is 0.614. The number of aliphatic hydroxyl groups excluding tert-OH is 1. The second-order valence-corrected chi connectivity index (χ2v) is 17.7. The van der Waals surface area contributed by atoms with Crippen molar-refractivity contribution >= 4 is 17.9 Å². The Labute approximate surface area is 330 Å². The van der Waals surface area contributed by atoms with Gasteiger partial charge in [-0.05, 0) is 57.4 Å². The van der Waals surface area contributed by atoms with E-state index in [-0.39, 0.29) is 24.2 Å². The number of carbonyl (C=O) groups excluding carboxylic acids is 3. The van der Waals surface area contributed by atoms with E-state index in [4.69, 9.17) is 23.7 Å². The molecule has 56 heavy (non-hydrogen) atoms. The number of esters is 3. The number of likely N-dealkylation sites (N-methyl/N-ethyl adjacent to an activating group) is 1. The number of ether oxygens (including phenoxy) is 5. The molecule has 5 aliphatic heterocycles. The fourth-order valence-corrected chi connectivity index (χ4v) is 9.99. The molecule has 1 unspecified atom stereocenters. The van der Waals surface area contributed by atoms with Gasteiger partial charge in [-0.1, -0.05) is 50.3 Å². The highest BCUT2D eigenvalue weighted by Gasteiger charge is 2.58. The van der Waals surface area contributed by atoms with Crippen molar-refractivity contribution in [1.82, 2.24) is 4.98 Å². The predicted octanol–water partition coefficient (Wildman–Crippen LogP) is 4.84. The summed E-state index contributed by atoms with van der Waals surface area (Å²) in [4.78, 5) is 44.1. The van der Waals surface area contributed by atoms with E-state index in [1.807, 2.05) is 45.0 Å². The lowest BCUT2D eigenvalue weighted by Crippen LogP contribution is -2.73. The number of hydrogen-bond acceptors (Lipinski definition) is 9. The maximum atomic E-state index is 14.0. The van der Waals surface area contributed by atoms with Crippen LogP contribution in [0.5, 0.6) is 0 Å². The molecule has 6 heterocycles. The van der Waals surface area contributed by atoms with E-state index < -0.39 is 66.1 Å². The number of piperazine rings is 3. The second-order valence-electron chi connectivity index (χ2n) is 17.7. The number of aliphatic hydroxyl groups is 1. The first kappa shape index (κ1) is 40.4. The monoisotopic (exact) mass is 775 g/mol. The first-order chi connectivity index (χ1) is 26.7. The molecule has 0 amide bonds. The number of nitrogens with zero attached hydrogens (tertiary/aromatic N) is 2. The maximum Gasteiger partial charge on any atom is 0.355 e. The number of H-pyrrole nitrogens is 1. The molecule has 11 atom stereocenters. The number of hydrogen-bond donors (Lipinski definition) is 2. The Hall–Kier alpha value is -3.81. The molecule has 304 valence electrons. The lowest BCUT2D eigenvalue weighted by atomic mass is 9.69. The highest BCUT2D eigenvalue weighted by molar-refractivity contribution is 5.91. The summed E-state index contributed by atoms with van der Waals surface area (Å²) >= 11 is 0. The Morgan fingerprint density at radius 2 is 1.70 bits per heavy atom. The van der Waals surface area contributed by atoms with Crippen LogP contribution in [0.2, 0.25) is 0 Å².